The van der Waals surface area contributed by atoms with Gasteiger partial charge in [0.15, 0.2) is 11.5 Å². The number of ether oxygens (including phenoxy) is 2. The second-order valence-corrected chi connectivity index (χ2v) is 6.87. The lowest BCUT2D eigenvalue weighted by atomic mass is 10.1. The fourth-order valence-electron chi connectivity index (χ4n) is 2.36. The van der Waals surface area contributed by atoms with Crippen LogP contribution in [0.2, 0.25) is 5.02 Å². The first kappa shape index (κ1) is 20.0. The van der Waals surface area contributed by atoms with Crippen LogP contribution < -0.4 is 14.8 Å². The zero-order valence-electron chi connectivity index (χ0n) is 15.3. The third-order valence-electron chi connectivity index (χ3n) is 3.78. The second kappa shape index (κ2) is 8.90. The molecule has 0 heterocycles. The standard InChI is InChI=1S/C20H23ClFNO3/c1-12(2)11-26-18-8-5-14(9-19(18)25-4)13(3)23-20(24)16-10-15(21)6-7-17(16)22/h5-10,12-13H,11H2,1-4H3,(H,23,24). The Morgan fingerprint density at radius 3 is 2.54 bits per heavy atom. The summed E-state index contributed by atoms with van der Waals surface area (Å²) in [5.41, 5.74) is 0.725. The number of halogens is 2. The van der Waals surface area contributed by atoms with E-state index < -0.39 is 11.7 Å². The highest BCUT2D eigenvalue weighted by molar-refractivity contribution is 6.31. The van der Waals surface area contributed by atoms with Gasteiger partial charge in [0, 0.05) is 5.02 Å². The van der Waals surface area contributed by atoms with E-state index >= 15 is 0 Å². The normalized spacial score (nSPS) is 12.0. The highest BCUT2D eigenvalue weighted by Gasteiger charge is 2.17. The summed E-state index contributed by atoms with van der Waals surface area (Å²) in [6, 6.07) is 8.98. The first-order chi connectivity index (χ1) is 12.3. The molecule has 0 radical (unpaired) electrons. The van der Waals surface area contributed by atoms with Crippen molar-refractivity contribution in [2.75, 3.05) is 13.7 Å². The molecule has 1 atom stereocenters. The van der Waals surface area contributed by atoms with Crippen LogP contribution in [0.25, 0.3) is 0 Å². The number of amides is 1. The monoisotopic (exact) mass is 379 g/mol. The van der Waals surface area contributed by atoms with Crippen LogP contribution in [0.3, 0.4) is 0 Å². The molecule has 0 aromatic heterocycles. The lowest BCUT2D eigenvalue weighted by molar-refractivity contribution is 0.0935. The predicted octanol–water partition coefficient (Wildman–Crippen LogP) is 5.01. The Bertz CT molecular complexity index is 780. The molecule has 1 amide bonds. The van der Waals surface area contributed by atoms with Crippen LogP contribution in [0, 0.1) is 11.7 Å². The van der Waals surface area contributed by atoms with Crippen LogP contribution in [-0.2, 0) is 0 Å². The predicted molar refractivity (Wildman–Crippen MR) is 101 cm³/mol. The largest absolute Gasteiger partial charge is 0.493 e. The minimum absolute atomic E-state index is 0.0896. The van der Waals surface area contributed by atoms with Crippen molar-refractivity contribution >= 4 is 17.5 Å². The van der Waals surface area contributed by atoms with Gasteiger partial charge in [-0.1, -0.05) is 31.5 Å². The fraction of sp³-hybridized carbons (Fsp3) is 0.350. The van der Waals surface area contributed by atoms with Crippen molar-refractivity contribution in [1.29, 1.82) is 0 Å². The molecule has 2 aromatic rings. The van der Waals surface area contributed by atoms with Crippen molar-refractivity contribution in [2.24, 2.45) is 5.92 Å². The van der Waals surface area contributed by atoms with Crippen LogP contribution in [0.5, 0.6) is 11.5 Å². The highest BCUT2D eigenvalue weighted by atomic mass is 35.5. The van der Waals surface area contributed by atoms with Gasteiger partial charge in [-0.15, -0.1) is 0 Å². The first-order valence-corrected chi connectivity index (χ1v) is 8.76. The molecule has 1 N–H and O–H groups in total. The molecule has 6 heteroatoms. The van der Waals surface area contributed by atoms with Crippen molar-refractivity contribution < 1.29 is 18.7 Å². The summed E-state index contributed by atoms with van der Waals surface area (Å²) in [5.74, 6) is 0.471. The zero-order chi connectivity index (χ0) is 19.3. The van der Waals surface area contributed by atoms with E-state index in [4.69, 9.17) is 21.1 Å². The van der Waals surface area contributed by atoms with Gasteiger partial charge in [0.1, 0.15) is 5.82 Å². The number of benzene rings is 2. The van der Waals surface area contributed by atoms with Gasteiger partial charge >= 0.3 is 0 Å². The number of hydrogen-bond donors (Lipinski definition) is 1. The van der Waals surface area contributed by atoms with Crippen LogP contribution in [0.4, 0.5) is 4.39 Å². The van der Waals surface area contributed by atoms with Crippen molar-refractivity contribution in [3.63, 3.8) is 0 Å². The minimum Gasteiger partial charge on any atom is -0.493 e. The van der Waals surface area contributed by atoms with Gasteiger partial charge < -0.3 is 14.8 Å². The molecule has 0 saturated heterocycles. The van der Waals surface area contributed by atoms with Crippen molar-refractivity contribution in [1.82, 2.24) is 5.32 Å². The number of methoxy groups -OCH3 is 1. The third kappa shape index (κ3) is 5.11. The Morgan fingerprint density at radius 1 is 1.15 bits per heavy atom. The van der Waals surface area contributed by atoms with Crippen LogP contribution in [-0.4, -0.2) is 19.6 Å². The maximum Gasteiger partial charge on any atom is 0.254 e. The fourth-order valence-corrected chi connectivity index (χ4v) is 2.53. The van der Waals surface area contributed by atoms with E-state index in [2.05, 4.69) is 19.2 Å². The Hall–Kier alpha value is -2.27. The van der Waals surface area contributed by atoms with Gasteiger partial charge in [0.25, 0.3) is 5.91 Å². The SMILES string of the molecule is COc1cc(C(C)NC(=O)c2cc(Cl)ccc2F)ccc1OCC(C)C. The molecule has 4 nitrogen and oxygen atoms in total. The molecule has 0 aliphatic carbocycles. The Balaban J connectivity index is 2.14. The molecule has 2 rings (SSSR count). The molecule has 0 saturated carbocycles. The van der Waals surface area contributed by atoms with Crippen molar-refractivity contribution in [3.8, 4) is 11.5 Å². The van der Waals surface area contributed by atoms with Crippen molar-refractivity contribution in [3.05, 3.63) is 58.4 Å². The lowest BCUT2D eigenvalue weighted by Gasteiger charge is -2.18. The molecular weight excluding hydrogens is 357 g/mol. The van der Waals surface area contributed by atoms with E-state index in [1.165, 1.54) is 18.2 Å². The molecule has 0 aliphatic rings. The summed E-state index contributed by atoms with van der Waals surface area (Å²) in [6.45, 7) is 6.51. The van der Waals surface area contributed by atoms with E-state index in [-0.39, 0.29) is 11.6 Å². The highest BCUT2D eigenvalue weighted by Crippen LogP contribution is 2.31. The summed E-state index contributed by atoms with van der Waals surface area (Å²) in [6.07, 6.45) is 0. The van der Waals surface area contributed by atoms with Gasteiger partial charge in [-0.05, 0) is 48.7 Å². The Labute approximate surface area is 158 Å². The van der Waals surface area contributed by atoms with Gasteiger partial charge in [-0.2, -0.15) is 0 Å². The van der Waals surface area contributed by atoms with Gasteiger partial charge in [0.2, 0.25) is 0 Å². The van der Waals surface area contributed by atoms with E-state index in [0.717, 1.165) is 5.56 Å². The quantitative estimate of drug-likeness (QED) is 0.735. The van der Waals surface area contributed by atoms with E-state index in [9.17, 15) is 9.18 Å². The molecule has 2 aromatic carbocycles. The maximum atomic E-state index is 13.8. The van der Waals surface area contributed by atoms with Gasteiger partial charge in [-0.25, -0.2) is 4.39 Å². The molecule has 0 spiro atoms. The molecule has 26 heavy (non-hydrogen) atoms. The summed E-state index contributed by atoms with van der Waals surface area (Å²) >= 11 is 5.85. The van der Waals surface area contributed by atoms with Gasteiger partial charge in [-0.3, -0.25) is 4.79 Å². The smallest absolute Gasteiger partial charge is 0.254 e. The first-order valence-electron chi connectivity index (χ1n) is 8.38. The van der Waals surface area contributed by atoms with Crippen LogP contribution in [0.1, 0.15) is 42.7 Å². The Morgan fingerprint density at radius 2 is 1.88 bits per heavy atom. The minimum atomic E-state index is -0.617. The molecule has 1 unspecified atom stereocenters. The zero-order valence-corrected chi connectivity index (χ0v) is 16.1. The molecule has 0 aliphatic heterocycles. The third-order valence-corrected chi connectivity index (χ3v) is 4.02. The average Bonchev–Trinajstić information content (AvgIpc) is 2.61. The number of carbonyl (C=O) groups is 1. The average molecular weight is 380 g/mol. The Kier molecular flexibility index (Phi) is 6.86. The lowest BCUT2D eigenvalue weighted by Crippen LogP contribution is -2.27. The summed E-state index contributed by atoms with van der Waals surface area (Å²) in [7, 11) is 1.56. The summed E-state index contributed by atoms with van der Waals surface area (Å²) in [4.78, 5) is 12.3. The topological polar surface area (TPSA) is 47.6 Å². The number of hydrogen-bond acceptors (Lipinski definition) is 3. The molecular formula is C20H23ClFNO3. The maximum absolute atomic E-state index is 13.8. The number of carbonyl (C=O) groups excluding carboxylic acids is 1. The van der Waals surface area contributed by atoms with E-state index in [1.54, 1.807) is 19.2 Å². The number of rotatable bonds is 7. The van der Waals surface area contributed by atoms with Crippen LogP contribution >= 0.6 is 11.6 Å². The molecule has 0 bridgehead atoms. The number of nitrogens with one attached hydrogen (secondary N) is 1. The summed E-state index contributed by atoms with van der Waals surface area (Å²) in [5, 5.41) is 3.07. The van der Waals surface area contributed by atoms with Gasteiger partial charge in [0.05, 0.1) is 25.3 Å². The summed E-state index contributed by atoms with van der Waals surface area (Å²) < 4.78 is 24.9. The van der Waals surface area contributed by atoms with E-state index in [1.807, 2.05) is 13.0 Å². The molecule has 0 fully saturated rings. The van der Waals surface area contributed by atoms with E-state index in [0.29, 0.717) is 29.0 Å². The van der Waals surface area contributed by atoms with Crippen LogP contribution in [0.15, 0.2) is 36.4 Å². The van der Waals surface area contributed by atoms with Crippen molar-refractivity contribution in [2.45, 2.75) is 26.8 Å². The second-order valence-electron chi connectivity index (χ2n) is 6.43. The molecule has 140 valence electrons.